The van der Waals surface area contributed by atoms with E-state index in [0.717, 1.165) is 77.2 Å². The highest BCUT2D eigenvalue weighted by Crippen LogP contribution is 2.41. The summed E-state index contributed by atoms with van der Waals surface area (Å²) in [6, 6.07) is 58.0. The van der Waals surface area contributed by atoms with Gasteiger partial charge in [0.15, 0.2) is 0 Å². The number of para-hydroxylation sites is 2. The summed E-state index contributed by atoms with van der Waals surface area (Å²) in [7, 11) is 0. The lowest BCUT2D eigenvalue weighted by Crippen LogP contribution is -1.99. The number of benzene rings is 7. The lowest BCUT2D eigenvalue weighted by molar-refractivity contribution is 1.18. The van der Waals surface area contributed by atoms with Crippen molar-refractivity contribution in [2.45, 2.75) is 0 Å². The standard InChI is InChI=1S/C45H25N5/c46-26-29-17-23-42-39(24-29)45-32(28-48)8-7-15-43(45)49(42)33-20-18-31(19-21-33)34-9-1-2-10-35(34)38-22-16-30(27-47)25-44(38)50-40-13-5-3-11-36(40)37-12-4-6-14-41(37)50/h1-25H. The van der Waals surface area contributed by atoms with Gasteiger partial charge in [0.1, 0.15) is 0 Å². The normalized spacial score (nSPS) is 11.1. The summed E-state index contributed by atoms with van der Waals surface area (Å²) in [5, 5.41) is 33.6. The number of nitrogens with zero attached hydrogens (tertiary/aromatic N) is 5. The first-order valence-electron chi connectivity index (χ1n) is 16.3. The van der Waals surface area contributed by atoms with Crippen molar-refractivity contribution in [2.24, 2.45) is 0 Å². The Labute approximate surface area is 287 Å². The van der Waals surface area contributed by atoms with Crippen LogP contribution in [0.25, 0.3) is 77.2 Å². The number of nitriles is 3. The van der Waals surface area contributed by atoms with Gasteiger partial charge in [0.25, 0.3) is 0 Å². The van der Waals surface area contributed by atoms with Gasteiger partial charge in [-0.3, -0.25) is 0 Å². The summed E-state index contributed by atoms with van der Waals surface area (Å²) in [5.41, 5.74) is 11.8. The Morgan fingerprint density at radius 3 is 1.70 bits per heavy atom. The SMILES string of the molecule is N#Cc1ccc(-c2ccccc2-c2ccc(-n3c4ccc(C#N)cc4c4c(C#N)cccc43)cc2)c(-n2c3ccccc3c3ccccc32)c1. The molecule has 2 heterocycles. The van der Waals surface area contributed by atoms with E-state index in [4.69, 9.17) is 0 Å². The van der Waals surface area contributed by atoms with Gasteiger partial charge in [-0.05, 0) is 83.4 Å². The first-order chi connectivity index (χ1) is 24.7. The number of fused-ring (bicyclic) bond motifs is 6. The molecule has 0 spiro atoms. The second kappa shape index (κ2) is 11.4. The van der Waals surface area contributed by atoms with Crippen LogP contribution >= 0.6 is 0 Å². The van der Waals surface area contributed by atoms with E-state index >= 15 is 0 Å². The van der Waals surface area contributed by atoms with Crippen LogP contribution in [-0.4, -0.2) is 9.13 Å². The molecule has 0 aliphatic heterocycles. The maximum atomic E-state index is 9.98. The second-order valence-corrected chi connectivity index (χ2v) is 12.3. The zero-order chi connectivity index (χ0) is 33.8. The van der Waals surface area contributed by atoms with E-state index < -0.39 is 0 Å². The molecule has 0 saturated heterocycles. The molecule has 9 rings (SSSR count). The van der Waals surface area contributed by atoms with Crippen LogP contribution in [0.3, 0.4) is 0 Å². The van der Waals surface area contributed by atoms with Gasteiger partial charge in [0.05, 0.1) is 62.7 Å². The molecule has 5 nitrogen and oxygen atoms in total. The average molecular weight is 636 g/mol. The molecule has 0 aliphatic carbocycles. The van der Waals surface area contributed by atoms with Crippen LogP contribution in [-0.2, 0) is 0 Å². The lowest BCUT2D eigenvalue weighted by Gasteiger charge is -2.18. The van der Waals surface area contributed by atoms with Crippen LogP contribution in [0.15, 0.2) is 152 Å². The second-order valence-electron chi connectivity index (χ2n) is 12.3. The van der Waals surface area contributed by atoms with E-state index in [9.17, 15) is 15.8 Å². The molecule has 0 atom stereocenters. The highest BCUT2D eigenvalue weighted by atomic mass is 15.0. The Kier molecular flexibility index (Phi) is 6.56. The smallest absolute Gasteiger partial charge is 0.0998 e. The monoisotopic (exact) mass is 635 g/mol. The van der Waals surface area contributed by atoms with Crippen LogP contribution in [0.1, 0.15) is 16.7 Å². The first kappa shape index (κ1) is 28.8. The highest BCUT2D eigenvalue weighted by molar-refractivity contribution is 6.12. The number of rotatable bonds is 4. The van der Waals surface area contributed by atoms with Crippen molar-refractivity contribution in [1.82, 2.24) is 9.13 Å². The molecular weight excluding hydrogens is 611 g/mol. The van der Waals surface area contributed by atoms with Gasteiger partial charge in [-0.2, -0.15) is 15.8 Å². The molecular formula is C45H25N5. The van der Waals surface area contributed by atoms with Crippen LogP contribution in [0.4, 0.5) is 0 Å². The summed E-state index contributed by atoms with van der Waals surface area (Å²) in [6.45, 7) is 0. The van der Waals surface area contributed by atoms with Gasteiger partial charge in [0.2, 0.25) is 0 Å². The summed E-state index contributed by atoms with van der Waals surface area (Å²) in [6.07, 6.45) is 0. The molecule has 0 saturated carbocycles. The quantitative estimate of drug-likeness (QED) is 0.193. The number of hydrogen-bond donors (Lipinski definition) is 0. The van der Waals surface area contributed by atoms with Crippen LogP contribution in [0.2, 0.25) is 0 Å². The molecule has 0 amide bonds. The number of aromatic nitrogens is 2. The summed E-state index contributed by atoms with van der Waals surface area (Å²) in [5.74, 6) is 0. The first-order valence-corrected chi connectivity index (χ1v) is 16.3. The van der Waals surface area contributed by atoms with Gasteiger partial charge in [-0.15, -0.1) is 0 Å². The molecule has 0 aliphatic rings. The fourth-order valence-electron chi connectivity index (χ4n) is 7.47. The topological polar surface area (TPSA) is 81.2 Å². The van der Waals surface area contributed by atoms with Gasteiger partial charge < -0.3 is 9.13 Å². The van der Waals surface area contributed by atoms with Crippen molar-refractivity contribution < 1.29 is 0 Å². The molecule has 0 radical (unpaired) electrons. The van der Waals surface area contributed by atoms with Crippen LogP contribution in [0.5, 0.6) is 0 Å². The largest absolute Gasteiger partial charge is 0.309 e. The van der Waals surface area contributed by atoms with Crippen molar-refractivity contribution in [3.8, 4) is 51.8 Å². The van der Waals surface area contributed by atoms with Crippen molar-refractivity contribution >= 4 is 43.6 Å². The number of hydrogen-bond acceptors (Lipinski definition) is 3. The van der Waals surface area contributed by atoms with Crippen LogP contribution < -0.4 is 0 Å². The van der Waals surface area contributed by atoms with E-state index in [1.807, 2.05) is 48.5 Å². The molecule has 50 heavy (non-hydrogen) atoms. The third-order valence-electron chi connectivity index (χ3n) is 9.64. The molecule has 9 aromatic rings. The van der Waals surface area contributed by atoms with E-state index in [1.54, 1.807) is 0 Å². The summed E-state index contributed by atoms with van der Waals surface area (Å²) >= 11 is 0. The van der Waals surface area contributed by atoms with Crippen LogP contribution in [0, 0.1) is 34.0 Å². The molecule has 2 aromatic heterocycles. The highest BCUT2D eigenvalue weighted by Gasteiger charge is 2.19. The van der Waals surface area contributed by atoms with Gasteiger partial charge in [-0.25, -0.2) is 0 Å². The van der Waals surface area contributed by atoms with E-state index in [2.05, 4.69) is 130 Å². The van der Waals surface area contributed by atoms with Crippen molar-refractivity contribution in [2.75, 3.05) is 0 Å². The van der Waals surface area contributed by atoms with Gasteiger partial charge in [-0.1, -0.05) is 84.9 Å². The van der Waals surface area contributed by atoms with Gasteiger partial charge >= 0.3 is 0 Å². The fourth-order valence-corrected chi connectivity index (χ4v) is 7.47. The van der Waals surface area contributed by atoms with E-state index in [0.29, 0.717) is 16.7 Å². The molecule has 0 unspecified atom stereocenters. The summed E-state index contributed by atoms with van der Waals surface area (Å²) in [4.78, 5) is 0. The van der Waals surface area contributed by atoms with Crippen molar-refractivity contribution in [1.29, 1.82) is 15.8 Å². The van der Waals surface area contributed by atoms with Crippen molar-refractivity contribution in [3.05, 3.63) is 168 Å². The van der Waals surface area contributed by atoms with E-state index in [-0.39, 0.29) is 0 Å². The Morgan fingerprint density at radius 1 is 0.400 bits per heavy atom. The average Bonchev–Trinajstić information content (AvgIpc) is 3.70. The minimum atomic E-state index is 0.555. The summed E-state index contributed by atoms with van der Waals surface area (Å²) < 4.78 is 4.43. The van der Waals surface area contributed by atoms with E-state index in [1.165, 1.54) is 0 Å². The molecule has 7 aromatic carbocycles. The molecule has 0 bridgehead atoms. The molecule has 0 N–H and O–H groups in total. The fraction of sp³-hybridized carbons (Fsp3) is 0. The third kappa shape index (κ3) is 4.31. The Bertz CT molecular complexity index is 2900. The zero-order valence-electron chi connectivity index (χ0n) is 26.7. The predicted molar refractivity (Wildman–Crippen MR) is 200 cm³/mol. The maximum absolute atomic E-state index is 9.98. The minimum Gasteiger partial charge on any atom is -0.309 e. The Hall–Kier alpha value is -7.39. The third-order valence-corrected chi connectivity index (χ3v) is 9.64. The molecule has 5 heteroatoms. The van der Waals surface area contributed by atoms with Gasteiger partial charge in [0, 0.05) is 32.8 Å². The molecule has 230 valence electrons. The predicted octanol–water partition coefficient (Wildman–Crippen LogP) is 10.8. The zero-order valence-corrected chi connectivity index (χ0v) is 26.7. The minimum absolute atomic E-state index is 0.555. The molecule has 0 fully saturated rings. The Morgan fingerprint density at radius 2 is 1.00 bits per heavy atom. The van der Waals surface area contributed by atoms with Crippen molar-refractivity contribution in [3.63, 3.8) is 0 Å². The lowest BCUT2D eigenvalue weighted by atomic mass is 9.92. The Balaban J connectivity index is 1.23. The maximum Gasteiger partial charge on any atom is 0.0998 e.